The van der Waals surface area contributed by atoms with Gasteiger partial charge in [-0.15, -0.1) is 0 Å². The molecule has 0 aromatic heterocycles. The fraction of sp³-hybridized carbons (Fsp3) is 0.250. The summed E-state index contributed by atoms with van der Waals surface area (Å²) in [5.41, 5.74) is 1.40. The van der Waals surface area contributed by atoms with Gasteiger partial charge in [-0.05, 0) is 18.4 Å². The Balaban J connectivity index is 2.58. The van der Waals surface area contributed by atoms with Gasteiger partial charge in [-0.3, -0.25) is 0 Å². The molecule has 1 aliphatic carbocycles. The third-order valence-electron chi connectivity index (χ3n) is 1.26. The molecule has 0 bridgehead atoms. The van der Waals surface area contributed by atoms with E-state index in [2.05, 4.69) is 24.8 Å². The van der Waals surface area contributed by atoms with Crippen LogP contribution in [-0.2, 0) is 0 Å². The third kappa shape index (κ3) is 1.09. The molecule has 1 aliphatic rings. The molecule has 0 radical (unpaired) electrons. The molecule has 0 nitrogen and oxygen atoms in total. The van der Waals surface area contributed by atoms with Crippen molar-refractivity contribution in [2.75, 3.05) is 0 Å². The topological polar surface area (TPSA) is 0 Å². The smallest absolute Gasteiger partial charge is 0.0244 e. The summed E-state index contributed by atoms with van der Waals surface area (Å²) in [5.74, 6) is 0. The van der Waals surface area contributed by atoms with Crippen molar-refractivity contribution in [3.63, 3.8) is 0 Å². The maximum absolute atomic E-state index is 3.61. The molecule has 0 fully saturated rings. The molecule has 0 heterocycles. The standard InChI is InChI=1S/C8H10/c1-2-5-8-6-3-4-7-8/h2-3,5-6H,1,4,7H2/b8-5+. The SMILES string of the molecule is C=C/C=C1\C=CCC1. The van der Waals surface area contributed by atoms with Crippen LogP contribution >= 0.6 is 0 Å². The lowest BCUT2D eigenvalue weighted by molar-refractivity contribution is 1.06. The van der Waals surface area contributed by atoms with Crippen LogP contribution in [0, 0.1) is 0 Å². The minimum Gasteiger partial charge on any atom is -0.0991 e. The van der Waals surface area contributed by atoms with Gasteiger partial charge in [-0.2, -0.15) is 0 Å². The lowest BCUT2D eigenvalue weighted by Gasteiger charge is -1.85. The van der Waals surface area contributed by atoms with Gasteiger partial charge in [0.15, 0.2) is 0 Å². The summed E-state index contributed by atoms with van der Waals surface area (Å²) in [6, 6.07) is 0. The summed E-state index contributed by atoms with van der Waals surface area (Å²) >= 11 is 0. The van der Waals surface area contributed by atoms with E-state index in [9.17, 15) is 0 Å². The molecule has 0 aromatic carbocycles. The van der Waals surface area contributed by atoms with Crippen molar-refractivity contribution in [2.45, 2.75) is 12.8 Å². The summed E-state index contributed by atoms with van der Waals surface area (Å²) < 4.78 is 0. The molecule has 0 aromatic rings. The fourth-order valence-corrected chi connectivity index (χ4v) is 0.858. The minimum absolute atomic E-state index is 1.20. The maximum atomic E-state index is 3.61. The van der Waals surface area contributed by atoms with Crippen molar-refractivity contribution in [3.05, 3.63) is 36.5 Å². The second-order valence-corrected chi connectivity index (χ2v) is 1.92. The van der Waals surface area contributed by atoms with E-state index in [-0.39, 0.29) is 0 Å². The molecule has 0 atom stereocenters. The summed E-state index contributed by atoms with van der Waals surface area (Å²) in [5, 5.41) is 0. The number of hydrogen-bond acceptors (Lipinski definition) is 0. The largest absolute Gasteiger partial charge is 0.0991 e. The minimum atomic E-state index is 1.20. The van der Waals surface area contributed by atoms with Crippen LogP contribution < -0.4 is 0 Å². The summed E-state index contributed by atoms with van der Waals surface area (Å²) in [6.07, 6.45) is 10.6. The van der Waals surface area contributed by atoms with E-state index in [4.69, 9.17) is 0 Å². The van der Waals surface area contributed by atoms with Crippen LogP contribution in [0.2, 0.25) is 0 Å². The lowest BCUT2D eigenvalue weighted by atomic mass is 10.2. The first kappa shape index (κ1) is 5.36. The predicted octanol–water partition coefficient (Wildman–Crippen LogP) is 2.45. The molecule has 0 saturated carbocycles. The Morgan fingerprint density at radius 3 is 3.00 bits per heavy atom. The quantitative estimate of drug-likeness (QED) is 0.481. The molecule has 0 heteroatoms. The molecular formula is C8H10. The zero-order valence-electron chi connectivity index (χ0n) is 4.93. The van der Waals surface area contributed by atoms with Crippen molar-refractivity contribution in [2.24, 2.45) is 0 Å². The second kappa shape index (κ2) is 2.51. The summed E-state index contributed by atoms with van der Waals surface area (Å²) in [7, 11) is 0. The van der Waals surface area contributed by atoms with Gasteiger partial charge in [0.1, 0.15) is 0 Å². The molecule has 1 rings (SSSR count). The van der Waals surface area contributed by atoms with Gasteiger partial charge in [0.05, 0.1) is 0 Å². The zero-order valence-corrected chi connectivity index (χ0v) is 4.93. The van der Waals surface area contributed by atoms with Gasteiger partial charge in [0.25, 0.3) is 0 Å². The van der Waals surface area contributed by atoms with E-state index < -0.39 is 0 Å². The van der Waals surface area contributed by atoms with Gasteiger partial charge in [-0.25, -0.2) is 0 Å². The van der Waals surface area contributed by atoms with Crippen molar-refractivity contribution < 1.29 is 0 Å². The Morgan fingerprint density at radius 2 is 2.50 bits per heavy atom. The molecule has 0 saturated heterocycles. The average molecular weight is 106 g/mol. The van der Waals surface area contributed by atoms with Crippen LogP contribution in [0.4, 0.5) is 0 Å². The van der Waals surface area contributed by atoms with Crippen LogP contribution in [0.3, 0.4) is 0 Å². The van der Waals surface area contributed by atoms with Crippen LogP contribution in [0.5, 0.6) is 0 Å². The Labute approximate surface area is 50.2 Å². The van der Waals surface area contributed by atoms with Gasteiger partial charge in [0.2, 0.25) is 0 Å². The molecule has 8 heavy (non-hydrogen) atoms. The molecule has 0 N–H and O–H groups in total. The number of allylic oxidation sites excluding steroid dienone is 5. The number of hydrogen-bond donors (Lipinski definition) is 0. The van der Waals surface area contributed by atoms with E-state index in [1.807, 2.05) is 6.08 Å². The van der Waals surface area contributed by atoms with Crippen molar-refractivity contribution in [1.29, 1.82) is 0 Å². The highest BCUT2D eigenvalue weighted by Crippen LogP contribution is 2.14. The monoisotopic (exact) mass is 106 g/mol. The van der Waals surface area contributed by atoms with Gasteiger partial charge < -0.3 is 0 Å². The number of rotatable bonds is 1. The Kier molecular flexibility index (Phi) is 1.68. The zero-order chi connectivity index (χ0) is 5.82. The Bertz CT molecular complexity index is 138. The Hall–Kier alpha value is -0.780. The first-order valence-corrected chi connectivity index (χ1v) is 2.91. The van der Waals surface area contributed by atoms with E-state index in [1.54, 1.807) is 0 Å². The summed E-state index contributed by atoms with van der Waals surface area (Å²) in [4.78, 5) is 0. The molecule has 0 aliphatic heterocycles. The average Bonchev–Trinajstić information content (AvgIpc) is 2.19. The molecule has 0 amide bonds. The van der Waals surface area contributed by atoms with Crippen LogP contribution in [0.25, 0.3) is 0 Å². The van der Waals surface area contributed by atoms with Crippen LogP contribution in [0.15, 0.2) is 36.5 Å². The summed E-state index contributed by atoms with van der Waals surface area (Å²) in [6.45, 7) is 3.61. The van der Waals surface area contributed by atoms with Crippen LogP contribution in [-0.4, -0.2) is 0 Å². The highest BCUT2D eigenvalue weighted by Gasteiger charge is 1.94. The normalized spacial score (nSPS) is 22.2. The highest BCUT2D eigenvalue weighted by atomic mass is 14.0. The lowest BCUT2D eigenvalue weighted by Crippen LogP contribution is -1.65. The third-order valence-corrected chi connectivity index (χ3v) is 1.26. The second-order valence-electron chi connectivity index (χ2n) is 1.92. The van der Waals surface area contributed by atoms with Crippen LogP contribution in [0.1, 0.15) is 12.8 Å². The fourth-order valence-electron chi connectivity index (χ4n) is 0.858. The van der Waals surface area contributed by atoms with Crippen molar-refractivity contribution in [3.8, 4) is 0 Å². The molecule has 0 spiro atoms. The van der Waals surface area contributed by atoms with Gasteiger partial charge in [0, 0.05) is 0 Å². The highest BCUT2D eigenvalue weighted by molar-refractivity contribution is 5.27. The van der Waals surface area contributed by atoms with E-state index in [0.717, 1.165) is 0 Å². The van der Waals surface area contributed by atoms with E-state index in [1.165, 1.54) is 18.4 Å². The molecular weight excluding hydrogens is 96.1 g/mol. The molecule has 42 valence electrons. The van der Waals surface area contributed by atoms with Gasteiger partial charge in [-0.1, -0.05) is 30.9 Å². The van der Waals surface area contributed by atoms with Crippen molar-refractivity contribution in [1.82, 2.24) is 0 Å². The van der Waals surface area contributed by atoms with Gasteiger partial charge >= 0.3 is 0 Å². The first-order chi connectivity index (χ1) is 3.93. The Morgan fingerprint density at radius 1 is 1.62 bits per heavy atom. The van der Waals surface area contributed by atoms with E-state index in [0.29, 0.717) is 0 Å². The first-order valence-electron chi connectivity index (χ1n) is 2.91. The maximum Gasteiger partial charge on any atom is -0.0244 e. The molecule has 0 unspecified atom stereocenters. The van der Waals surface area contributed by atoms with Crippen molar-refractivity contribution >= 4 is 0 Å². The van der Waals surface area contributed by atoms with E-state index >= 15 is 0 Å². The predicted molar refractivity (Wildman–Crippen MR) is 36.7 cm³/mol.